The molecule has 0 aliphatic rings. The van der Waals surface area contributed by atoms with Crippen LogP contribution in [0.25, 0.3) is 66.6 Å². The van der Waals surface area contributed by atoms with E-state index in [1.165, 1.54) is 33.1 Å². The Morgan fingerprint density at radius 2 is 1.42 bits per heavy atom. The Kier molecular flexibility index (Phi) is 3.84. The molecule has 0 aliphatic heterocycles. The molecule has 170 valence electrons. The summed E-state index contributed by atoms with van der Waals surface area (Å²) in [4.78, 5) is 4.71. The van der Waals surface area contributed by atoms with Crippen molar-refractivity contribution in [3.63, 3.8) is 0 Å². The summed E-state index contributed by atoms with van der Waals surface area (Å²) in [5, 5.41) is 2.46. The second-order valence-corrected chi connectivity index (χ2v) is 9.40. The molecule has 3 aromatic heterocycles. The van der Waals surface area contributed by atoms with Crippen molar-refractivity contribution >= 4 is 49.8 Å². The number of oxazole rings is 1. The van der Waals surface area contributed by atoms with E-state index < -0.39 is 0 Å². The fourth-order valence-corrected chi connectivity index (χ4v) is 5.62. The molecular weight excluding hydrogens is 442 g/mol. The average Bonchev–Trinajstić information content (AvgIpc) is 3.56. The van der Waals surface area contributed by atoms with Crippen molar-refractivity contribution in [3.8, 4) is 16.8 Å². The summed E-state index contributed by atoms with van der Waals surface area (Å²) in [5.74, 6) is 0.621. The summed E-state index contributed by atoms with van der Waals surface area (Å²) in [7, 11) is 0. The van der Waals surface area contributed by atoms with Crippen LogP contribution in [-0.2, 0) is 0 Å². The lowest BCUT2D eigenvalue weighted by atomic mass is 10.0. The molecule has 0 saturated heterocycles. The van der Waals surface area contributed by atoms with Crippen LogP contribution in [-0.4, -0.2) is 14.0 Å². The van der Waals surface area contributed by atoms with Gasteiger partial charge >= 0.3 is 5.84 Å². The van der Waals surface area contributed by atoms with Gasteiger partial charge in [0.25, 0.3) is 0 Å². The normalized spacial score (nSPS) is 12.0. The maximum absolute atomic E-state index is 6.36. The highest BCUT2D eigenvalue weighted by molar-refractivity contribution is 6.11. The van der Waals surface area contributed by atoms with Crippen LogP contribution < -0.4 is 0 Å². The first-order valence-electron chi connectivity index (χ1n) is 12.2. The van der Waals surface area contributed by atoms with E-state index in [9.17, 15) is 0 Å². The van der Waals surface area contributed by atoms with Crippen LogP contribution in [0.15, 0.2) is 114 Å². The largest absolute Gasteiger partial charge is 0.422 e. The van der Waals surface area contributed by atoms with Crippen LogP contribution in [0.2, 0.25) is 0 Å². The molecule has 0 N–H and O–H groups in total. The Bertz CT molecular complexity index is 2120. The predicted octanol–water partition coefficient (Wildman–Crippen LogP) is 8.31. The van der Waals surface area contributed by atoms with E-state index >= 15 is 0 Å². The van der Waals surface area contributed by atoms with E-state index in [4.69, 9.17) is 9.40 Å². The third kappa shape index (κ3) is 2.61. The molecule has 0 aliphatic carbocycles. The lowest BCUT2D eigenvalue weighted by molar-refractivity contribution is 0.644. The Hall–Kier alpha value is -4.83. The maximum atomic E-state index is 6.36. The highest BCUT2D eigenvalue weighted by Crippen LogP contribution is 2.38. The summed E-state index contributed by atoms with van der Waals surface area (Å²) in [5.41, 5.74) is 10.9. The summed E-state index contributed by atoms with van der Waals surface area (Å²) in [6.07, 6.45) is 0. The molecule has 5 aromatic carbocycles. The van der Waals surface area contributed by atoms with Crippen molar-refractivity contribution in [2.45, 2.75) is 6.92 Å². The van der Waals surface area contributed by atoms with Gasteiger partial charge in [-0.2, -0.15) is 4.98 Å². The third-order valence-electron chi connectivity index (χ3n) is 7.20. The molecule has 0 amide bonds. The van der Waals surface area contributed by atoms with Crippen molar-refractivity contribution in [1.29, 1.82) is 0 Å². The topological polar surface area (TPSA) is 35.4 Å². The molecule has 3 heterocycles. The second-order valence-electron chi connectivity index (χ2n) is 9.40. The minimum atomic E-state index is 0.621. The lowest BCUT2D eigenvalue weighted by Gasteiger charge is -2.09. The van der Waals surface area contributed by atoms with Gasteiger partial charge in [0.1, 0.15) is 0 Å². The third-order valence-corrected chi connectivity index (χ3v) is 7.20. The number of para-hydroxylation sites is 4. The monoisotopic (exact) mass is 463 g/mol. The van der Waals surface area contributed by atoms with E-state index in [-0.39, 0.29) is 0 Å². The molecule has 8 rings (SSSR count). The van der Waals surface area contributed by atoms with Crippen molar-refractivity contribution in [2.75, 3.05) is 0 Å². The van der Waals surface area contributed by atoms with Crippen molar-refractivity contribution in [1.82, 2.24) is 14.0 Å². The summed E-state index contributed by atoms with van der Waals surface area (Å²) >= 11 is 0. The SMILES string of the molecule is Cc1cccc(-n2c3ccccc3c3cc(-c4cccc5c4oc4nc6ccccc6n45)ccc32)c1. The summed E-state index contributed by atoms with van der Waals surface area (Å²) in [6, 6.07) is 38.5. The van der Waals surface area contributed by atoms with Crippen molar-refractivity contribution in [2.24, 2.45) is 0 Å². The Balaban J connectivity index is 1.41. The van der Waals surface area contributed by atoms with Gasteiger partial charge in [-0.15, -0.1) is 0 Å². The van der Waals surface area contributed by atoms with Crippen LogP contribution in [0.1, 0.15) is 5.56 Å². The second kappa shape index (κ2) is 7.09. The van der Waals surface area contributed by atoms with E-state index in [1.807, 2.05) is 18.2 Å². The standard InChI is InChI=1S/C32H21N3O/c1-20-8-6-9-22(18-20)34-27-13-4-2-10-24(27)25-19-21(16-17-28(25)34)23-11-7-15-30-31(23)36-32-33-26-12-3-5-14-29(26)35(30)32/h2-19H,1H3. The molecule has 36 heavy (non-hydrogen) atoms. The van der Waals surface area contributed by atoms with E-state index in [1.54, 1.807) is 0 Å². The summed E-state index contributed by atoms with van der Waals surface area (Å²) < 4.78 is 10.8. The number of imidazole rings is 1. The van der Waals surface area contributed by atoms with Gasteiger partial charge in [-0.25, -0.2) is 0 Å². The van der Waals surface area contributed by atoms with Gasteiger partial charge in [0.2, 0.25) is 0 Å². The molecular formula is C32H21N3O. The Morgan fingerprint density at radius 1 is 0.639 bits per heavy atom. The molecule has 0 unspecified atom stereocenters. The molecule has 0 saturated carbocycles. The highest BCUT2D eigenvalue weighted by atomic mass is 16.4. The van der Waals surface area contributed by atoms with Crippen molar-refractivity contribution in [3.05, 3.63) is 115 Å². The molecule has 8 aromatic rings. The van der Waals surface area contributed by atoms with Gasteiger partial charge < -0.3 is 8.98 Å². The smallest absolute Gasteiger partial charge is 0.307 e. The first-order valence-corrected chi connectivity index (χ1v) is 12.2. The molecule has 0 radical (unpaired) electrons. The molecule has 4 heteroatoms. The zero-order chi connectivity index (χ0) is 23.8. The van der Waals surface area contributed by atoms with Crippen LogP contribution in [0.4, 0.5) is 0 Å². The minimum Gasteiger partial charge on any atom is -0.422 e. The van der Waals surface area contributed by atoms with Gasteiger partial charge in [0.05, 0.1) is 27.6 Å². The number of hydrogen-bond acceptors (Lipinski definition) is 2. The Morgan fingerprint density at radius 3 is 2.33 bits per heavy atom. The maximum Gasteiger partial charge on any atom is 0.307 e. The molecule has 0 fully saturated rings. The van der Waals surface area contributed by atoms with E-state index in [0.717, 1.165) is 33.3 Å². The molecule has 0 atom stereocenters. The first kappa shape index (κ1) is 19.5. The number of benzene rings is 5. The molecule has 4 nitrogen and oxygen atoms in total. The number of nitrogens with zero attached hydrogens (tertiary/aromatic N) is 3. The van der Waals surface area contributed by atoms with E-state index in [2.05, 4.69) is 107 Å². The Labute approximate surface area is 206 Å². The fraction of sp³-hybridized carbons (Fsp3) is 0.0312. The summed E-state index contributed by atoms with van der Waals surface area (Å²) in [6.45, 7) is 2.14. The number of aromatic nitrogens is 3. The van der Waals surface area contributed by atoms with Gasteiger partial charge in [-0.1, -0.05) is 60.7 Å². The predicted molar refractivity (Wildman–Crippen MR) is 147 cm³/mol. The van der Waals surface area contributed by atoms with Gasteiger partial charge in [-0.05, 0) is 66.6 Å². The van der Waals surface area contributed by atoms with Gasteiger partial charge in [0, 0.05) is 22.0 Å². The first-order chi connectivity index (χ1) is 17.8. The number of fused-ring (bicyclic) bond motifs is 8. The van der Waals surface area contributed by atoms with Crippen LogP contribution in [0, 0.1) is 6.92 Å². The van der Waals surface area contributed by atoms with Gasteiger partial charge in [-0.3, -0.25) is 4.40 Å². The van der Waals surface area contributed by atoms with Crippen molar-refractivity contribution < 1.29 is 4.42 Å². The zero-order valence-corrected chi connectivity index (χ0v) is 19.6. The average molecular weight is 464 g/mol. The fourth-order valence-electron chi connectivity index (χ4n) is 5.62. The number of aryl methyl sites for hydroxylation is 1. The van der Waals surface area contributed by atoms with E-state index in [0.29, 0.717) is 5.84 Å². The molecule has 0 bridgehead atoms. The zero-order valence-electron chi connectivity index (χ0n) is 19.6. The van der Waals surface area contributed by atoms with Gasteiger partial charge in [0.15, 0.2) is 5.58 Å². The highest BCUT2D eigenvalue weighted by Gasteiger charge is 2.18. The minimum absolute atomic E-state index is 0.621. The van der Waals surface area contributed by atoms with Crippen LogP contribution >= 0.6 is 0 Å². The number of hydrogen-bond donors (Lipinski definition) is 0. The van der Waals surface area contributed by atoms with Crippen LogP contribution in [0.5, 0.6) is 0 Å². The number of rotatable bonds is 2. The quantitative estimate of drug-likeness (QED) is 0.258. The molecule has 0 spiro atoms. The lowest BCUT2D eigenvalue weighted by Crippen LogP contribution is -1.94. The van der Waals surface area contributed by atoms with Crippen LogP contribution in [0.3, 0.4) is 0 Å².